The minimum atomic E-state index is -1.10. The molecule has 0 fully saturated rings. The van der Waals surface area contributed by atoms with Crippen LogP contribution < -0.4 is 32.3 Å². The molecule has 0 saturated heterocycles. The average molecular weight is 1210 g/mol. The number of carbonyl (C=O) groups is 5. The van der Waals surface area contributed by atoms with Crippen molar-refractivity contribution in [1.29, 1.82) is 0 Å². The van der Waals surface area contributed by atoms with Crippen LogP contribution in [0.2, 0.25) is 0 Å². The van der Waals surface area contributed by atoms with Gasteiger partial charge in [-0.15, -0.1) is 0 Å². The fourth-order valence-corrected chi connectivity index (χ4v) is 7.06. The van der Waals surface area contributed by atoms with Gasteiger partial charge in [0.05, 0.1) is 30.0 Å². The third kappa shape index (κ3) is 25.9. The zero-order valence-corrected chi connectivity index (χ0v) is 48.2. The van der Waals surface area contributed by atoms with Gasteiger partial charge in [0.25, 0.3) is 0 Å². The van der Waals surface area contributed by atoms with Gasteiger partial charge in [-0.25, -0.2) is 32.5 Å². The van der Waals surface area contributed by atoms with E-state index in [1.54, 1.807) is 74.4 Å². The predicted molar refractivity (Wildman–Crippen MR) is 286 cm³/mol. The van der Waals surface area contributed by atoms with Crippen LogP contribution >= 0.6 is 47.8 Å². The topological polar surface area (TPSA) is 237 Å². The number of ketones is 1. The molecule has 402 valence electrons. The Morgan fingerprint density at radius 1 is 0.639 bits per heavy atom. The first-order valence-electron chi connectivity index (χ1n) is 22.6. The Bertz CT molecular complexity index is 2490. The lowest BCUT2D eigenvalue weighted by Gasteiger charge is -2.20. The van der Waals surface area contributed by atoms with Crippen molar-refractivity contribution >= 4 is 106 Å². The number of Topliss-reactive ketones (excluding diaryl/α,β-unsaturated/α-hetero) is 1. The van der Waals surface area contributed by atoms with Crippen molar-refractivity contribution in [2.75, 3.05) is 29.5 Å². The Morgan fingerprint density at radius 2 is 1.06 bits per heavy atom. The molecule has 0 unspecified atom stereocenters. The molecule has 0 saturated carbocycles. The van der Waals surface area contributed by atoms with Gasteiger partial charge >= 0.3 is 24.2 Å². The summed E-state index contributed by atoms with van der Waals surface area (Å²) in [7, 11) is 0. The van der Waals surface area contributed by atoms with Crippen molar-refractivity contribution in [2.45, 2.75) is 152 Å². The van der Waals surface area contributed by atoms with E-state index >= 15 is 0 Å². The molecular formula is C49H70Br3F3N8O9. The maximum atomic E-state index is 14.2. The van der Waals surface area contributed by atoms with Gasteiger partial charge in [-0.2, -0.15) is 0 Å². The number of aliphatic carboxylic acids is 1. The molecule has 17 nitrogen and oxygen atoms in total. The van der Waals surface area contributed by atoms with Crippen LogP contribution in [0.3, 0.4) is 0 Å². The lowest BCUT2D eigenvalue weighted by atomic mass is 10.1. The molecule has 0 atom stereocenters. The third-order valence-electron chi connectivity index (χ3n) is 8.22. The number of rotatable bonds is 13. The maximum Gasteiger partial charge on any atom is 0.408 e. The molecule has 0 aliphatic rings. The minimum Gasteiger partial charge on any atom is -0.480 e. The normalized spacial score (nSPS) is 11.3. The molecule has 3 aromatic carbocycles. The molecule has 0 bridgehead atoms. The summed E-state index contributed by atoms with van der Waals surface area (Å²) in [5.41, 5.74) is 6.35. The quantitative estimate of drug-likeness (QED) is 0.0488. The van der Waals surface area contributed by atoms with Gasteiger partial charge in [0.1, 0.15) is 46.3 Å². The molecule has 0 aliphatic heterocycles. The maximum absolute atomic E-state index is 14.2. The number of nitrogens with one attached hydrogen (secondary N) is 5. The molecule has 0 aliphatic carbocycles. The van der Waals surface area contributed by atoms with Crippen LogP contribution in [0.4, 0.5) is 44.6 Å². The Labute approximate surface area is 445 Å². The zero-order valence-electron chi connectivity index (χ0n) is 43.5. The van der Waals surface area contributed by atoms with Crippen LogP contribution in [0.25, 0.3) is 11.0 Å². The monoisotopic (exact) mass is 1210 g/mol. The summed E-state index contributed by atoms with van der Waals surface area (Å²) >= 11 is 9.74. The van der Waals surface area contributed by atoms with Gasteiger partial charge in [-0.1, -0.05) is 47.8 Å². The second-order valence-corrected chi connectivity index (χ2v) is 22.5. The summed E-state index contributed by atoms with van der Waals surface area (Å²) in [6, 6.07) is 9.75. The fraction of sp³-hybridized carbons (Fsp3) is 0.510. The van der Waals surface area contributed by atoms with E-state index in [1.165, 1.54) is 18.2 Å². The number of benzene rings is 3. The summed E-state index contributed by atoms with van der Waals surface area (Å²) in [6.07, 6.45) is -2.04. The first kappa shape index (κ1) is 64.7. The van der Waals surface area contributed by atoms with Crippen LogP contribution in [0.5, 0.6) is 0 Å². The summed E-state index contributed by atoms with van der Waals surface area (Å²) in [6.45, 7) is 27.0. The summed E-state index contributed by atoms with van der Waals surface area (Å²) in [5, 5.41) is 21.5. The zero-order chi connectivity index (χ0) is 55.6. The number of nitrogen functional groups attached to an aromatic ring is 1. The number of alkyl carbamates (subject to hydrolysis) is 3. The van der Waals surface area contributed by atoms with E-state index in [0.717, 1.165) is 0 Å². The van der Waals surface area contributed by atoms with E-state index in [1.807, 2.05) is 52.2 Å². The highest BCUT2D eigenvalue weighted by molar-refractivity contribution is 9.11. The molecule has 72 heavy (non-hydrogen) atoms. The van der Waals surface area contributed by atoms with Crippen molar-refractivity contribution in [3.63, 3.8) is 0 Å². The predicted octanol–water partition coefficient (Wildman–Crippen LogP) is 12.2. The van der Waals surface area contributed by atoms with E-state index in [9.17, 15) is 37.1 Å². The van der Waals surface area contributed by atoms with E-state index in [4.69, 9.17) is 25.1 Å². The smallest absolute Gasteiger partial charge is 0.408 e. The van der Waals surface area contributed by atoms with E-state index in [-0.39, 0.29) is 54.7 Å². The van der Waals surface area contributed by atoms with E-state index in [2.05, 4.69) is 79.4 Å². The number of ether oxygens (including phenoxy) is 3. The molecule has 23 heteroatoms. The largest absolute Gasteiger partial charge is 0.480 e. The number of fused-ring (bicyclic) bond motifs is 1. The van der Waals surface area contributed by atoms with Crippen molar-refractivity contribution in [3.8, 4) is 0 Å². The highest BCUT2D eigenvalue weighted by Crippen LogP contribution is 2.29. The molecule has 3 amide bonds. The third-order valence-corrected chi connectivity index (χ3v) is 9.59. The number of amides is 3. The number of aromatic nitrogens is 2. The second-order valence-electron chi connectivity index (χ2n) is 19.8. The highest BCUT2D eigenvalue weighted by Gasteiger charge is 2.22. The number of carboxylic acids is 1. The molecule has 0 radical (unpaired) electrons. The number of carbonyl (C=O) groups excluding carboxylic acids is 4. The van der Waals surface area contributed by atoms with Gasteiger partial charge in [0.15, 0.2) is 11.6 Å². The fourth-order valence-electron chi connectivity index (χ4n) is 5.78. The molecule has 0 spiro atoms. The Hall–Kier alpha value is -5.29. The molecular weight excluding hydrogens is 1140 g/mol. The Kier molecular flexibility index (Phi) is 25.9. The Balaban J connectivity index is 0.000000502. The molecule has 4 rings (SSSR count). The van der Waals surface area contributed by atoms with Crippen molar-refractivity contribution < 1.29 is 56.5 Å². The van der Waals surface area contributed by atoms with Gasteiger partial charge in [-0.3, -0.25) is 9.59 Å². The van der Waals surface area contributed by atoms with Gasteiger partial charge in [0, 0.05) is 49.2 Å². The van der Waals surface area contributed by atoms with Crippen molar-refractivity contribution in [3.05, 3.63) is 78.7 Å². The van der Waals surface area contributed by atoms with Gasteiger partial charge in [0.2, 0.25) is 0 Å². The van der Waals surface area contributed by atoms with Crippen molar-refractivity contribution in [1.82, 2.24) is 25.5 Å². The SMILES string of the molecule is CC(C)(C)OC(=O)NCC(=O)O.CC(C)Nc1cc(Br)cc(F)c1CC(=O)CNC(=O)OC(C)(C)C.CC(C)Nc1cc(Br)cc(F)c1N.CC(C)n1c(CNC(=O)OC(C)(C)C)nc2c(F)cc(Br)cc21. The Morgan fingerprint density at radius 3 is 1.51 bits per heavy atom. The van der Waals surface area contributed by atoms with E-state index in [0.29, 0.717) is 41.7 Å². The number of imidazole rings is 1. The average Bonchev–Trinajstić information content (AvgIpc) is 3.56. The highest BCUT2D eigenvalue weighted by atomic mass is 79.9. The van der Waals surface area contributed by atoms with E-state index < -0.39 is 65.0 Å². The first-order chi connectivity index (χ1) is 32.9. The van der Waals surface area contributed by atoms with Gasteiger partial charge < -0.3 is 56.2 Å². The van der Waals surface area contributed by atoms with Crippen molar-refractivity contribution in [2.24, 2.45) is 0 Å². The number of hydrogen-bond donors (Lipinski definition) is 7. The number of nitrogens with zero attached hydrogens (tertiary/aromatic N) is 2. The minimum absolute atomic E-state index is 0.0733. The van der Waals surface area contributed by atoms with Crippen LogP contribution in [0.1, 0.15) is 121 Å². The lowest BCUT2D eigenvalue weighted by molar-refractivity contribution is -0.136. The van der Waals surface area contributed by atoms with Crippen LogP contribution in [-0.2, 0) is 36.8 Å². The lowest BCUT2D eigenvalue weighted by Crippen LogP contribution is -2.36. The standard InChI is InChI=1S/C17H24BrFN2O3.C16H21BrFN3O2.C9H12BrFN2.C7H13NO4/c1-10(2)21-15-7-11(18)6-14(19)13(15)8-12(22)9-20-16(23)24-17(3,4)5;1-9(2)21-12-7-10(17)6-11(18)14(12)20-13(21)8-19-15(22)23-16(3,4)5;1-5(2)13-8-4-6(10)3-7(11)9(8)12;1-7(2,3)12-6(11)8-4-5(9)10/h6-7,10,21H,8-9H2,1-5H3,(H,20,23);6-7,9H,8H2,1-5H3,(H,19,22);3-5,13H,12H2,1-2H3;4H2,1-3H3,(H,8,11)(H,9,10). The number of carboxylic acid groups (broad SMARTS) is 1. The van der Waals surface area contributed by atoms with Crippen LogP contribution in [0, 0.1) is 17.5 Å². The number of anilines is 3. The summed E-state index contributed by atoms with van der Waals surface area (Å²) in [5.74, 6) is -2.10. The summed E-state index contributed by atoms with van der Waals surface area (Å²) in [4.78, 5) is 60.5. The number of hydrogen-bond acceptors (Lipinski definition) is 12. The molecule has 1 aromatic heterocycles. The molecule has 8 N–H and O–H groups in total. The first-order valence-corrected chi connectivity index (χ1v) is 25.0. The second kappa shape index (κ2) is 28.8. The summed E-state index contributed by atoms with van der Waals surface area (Å²) < 4.78 is 60.3. The van der Waals surface area contributed by atoms with Crippen LogP contribution in [-0.4, -0.2) is 86.7 Å². The number of nitrogens with two attached hydrogens (primary N) is 1. The number of halogens is 6. The van der Waals surface area contributed by atoms with Crippen LogP contribution in [0.15, 0.2) is 49.8 Å². The molecule has 1 heterocycles. The van der Waals surface area contributed by atoms with Gasteiger partial charge in [-0.05, 0) is 140 Å². The molecule has 4 aromatic rings.